The standard InChI is InChI=1S/C10H10N2O2/c1-6-12-8-5-7(10(13)11-2)3-4-9(8)14-6/h3-5H,1-2H3,(H,11,13). The van der Waals surface area contributed by atoms with Gasteiger partial charge in [-0.2, -0.15) is 0 Å². The van der Waals surface area contributed by atoms with E-state index in [-0.39, 0.29) is 5.91 Å². The molecule has 0 aliphatic rings. The summed E-state index contributed by atoms with van der Waals surface area (Å²) in [4.78, 5) is 15.4. The van der Waals surface area contributed by atoms with E-state index >= 15 is 0 Å². The van der Waals surface area contributed by atoms with Crippen LogP contribution in [0.4, 0.5) is 0 Å². The second kappa shape index (κ2) is 3.14. The third kappa shape index (κ3) is 1.35. The molecule has 14 heavy (non-hydrogen) atoms. The number of amides is 1. The van der Waals surface area contributed by atoms with Crippen molar-refractivity contribution in [3.8, 4) is 0 Å². The van der Waals surface area contributed by atoms with E-state index in [2.05, 4.69) is 10.3 Å². The number of hydrogen-bond donors (Lipinski definition) is 1. The lowest BCUT2D eigenvalue weighted by Gasteiger charge is -1.97. The summed E-state index contributed by atoms with van der Waals surface area (Å²) in [5.74, 6) is 0.488. The number of aromatic nitrogens is 1. The van der Waals surface area contributed by atoms with E-state index in [1.165, 1.54) is 0 Å². The van der Waals surface area contributed by atoms with Gasteiger partial charge in [0.15, 0.2) is 11.5 Å². The fourth-order valence-corrected chi connectivity index (χ4v) is 1.33. The van der Waals surface area contributed by atoms with E-state index < -0.39 is 0 Å². The first-order valence-electron chi connectivity index (χ1n) is 4.30. The Labute approximate surface area is 80.9 Å². The highest BCUT2D eigenvalue weighted by Crippen LogP contribution is 2.16. The van der Waals surface area contributed by atoms with Gasteiger partial charge in [-0.15, -0.1) is 0 Å². The summed E-state index contributed by atoms with van der Waals surface area (Å²) in [7, 11) is 1.60. The van der Waals surface area contributed by atoms with Gasteiger partial charge in [-0.3, -0.25) is 4.79 Å². The van der Waals surface area contributed by atoms with Crippen LogP contribution in [-0.4, -0.2) is 17.9 Å². The first-order valence-corrected chi connectivity index (χ1v) is 4.30. The molecule has 1 N–H and O–H groups in total. The van der Waals surface area contributed by atoms with Gasteiger partial charge in [-0.1, -0.05) is 0 Å². The van der Waals surface area contributed by atoms with Crippen molar-refractivity contribution in [3.63, 3.8) is 0 Å². The molecule has 2 aromatic rings. The Kier molecular flexibility index (Phi) is 1.96. The summed E-state index contributed by atoms with van der Waals surface area (Å²) in [5, 5.41) is 2.56. The van der Waals surface area contributed by atoms with Gasteiger partial charge < -0.3 is 9.73 Å². The average molecular weight is 190 g/mol. The van der Waals surface area contributed by atoms with E-state index in [1.807, 2.05) is 0 Å². The van der Waals surface area contributed by atoms with E-state index in [9.17, 15) is 4.79 Å². The lowest BCUT2D eigenvalue weighted by Crippen LogP contribution is -2.17. The van der Waals surface area contributed by atoms with Crippen LogP contribution in [0.25, 0.3) is 11.1 Å². The summed E-state index contributed by atoms with van der Waals surface area (Å²) in [6, 6.07) is 5.18. The van der Waals surface area contributed by atoms with Crippen molar-refractivity contribution in [2.45, 2.75) is 6.92 Å². The van der Waals surface area contributed by atoms with Crippen LogP contribution in [-0.2, 0) is 0 Å². The Balaban J connectivity index is 2.55. The molecule has 72 valence electrons. The summed E-state index contributed by atoms with van der Waals surface area (Å²) < 4.78 is 5.29. The van der Waals surface area contributed by atoms with Gasteiger partial charge in [-0.25, -0.2) is 4.98 Å². The zero-order valence-corrected chi connectivity index (χ0v) is 8.00. The molecule has 0 aliphatic carbocycles. The fourth-order valence-electron chi connectivity index (χ4n) is 1.33. The second-order valence-corrected chi connectivity index (χ2v) is 2.99. The van der Waals surface area contributed by atoms with Gasteiger partial charge in [0.05, 0.1) is 0 Å². The largest absolute Gasteiger partial charge is 0.441 e. The number of hydrogen-bond acceptors (Lipinski definition) is 3. The lowest BCUT2D eigenvalue weighted by molar-refractivity contribution is 0.0963. The molecule has 0 unspecified atom stereocenters. The molecule has 0 aliphatic heterocycles. The minimum atomic E-state index is -0.118. The molecule has 1 aromatic carbocycles. The molecule has 2 rings (SSSR count). The van der Waals surface area contributed by atoms with Crippen LogP contribution in [0.5, 0.6) is 0 Å². The third-order valence-electron chi connectivity index (χ3n) is 1.98. The smallest absolute Gasteiger partial charge is 0.251 e. The molecule has 4 heteroatoms. The maximum atomic E-state index is 11.3. The molecular weight excluding hydrogens is 180 g/mol. The molecular formula is C10H10N2O2. The molecule has 4 nitrogen and oxygen atoms in total. The highest BCUT2D eigenvalue weighted by atomic mass is 16.3. The summed E-state index contributed by atoms with van der Waals surface area (Å²) in [6.45, 7) is 1.78. The van der Waals surface area contributed by atoms with Crippen molar-refractivity contribution in [1.82, 2.24) is 10.3 Å². The van der Waals surface area contributed by atoms with E-state index in [4.69, 9.17) is 4.42 Å². The number of carbonyl (C=O) groups is 1. The van der Waals surface area contributed by atoms with Crippen LogP contribution >= 0.6 is 0 Å². The number of aryl methyl sites for hydroxylation is 1. The maximum Gasteiger partial charge on any atom is 0.251 e. The molecule has 1 heterocycles. The highest BCUT2D eigenvalue weighted by Gasteiger charge is 2.07. The Morgan fingerprint density at radius 2 is 2.29 bits per heavy atom. The quantitative estimate of drug-likeness (QED) is 0.741. The molecule has 1 amide bonds. The van der Waals surface area contributed by atoms with Crippen LogP contribution in [0.2, 0.25) is 0 Å². The highest BCUT2D eigenvalue weighted by molar-refractivity contribution is 5.96. The van der Waals surface area contributed by atoms with Crippen molar-refractivity contribution in [2.75, 3.05) is 7.05 Å². The van der Waals surface area contributed by atoms with E-state index in [1.54, 1.807) is 32.2 Å². The van der Waals surface area contributed by atoms with Crippen LogP contribution < -0.4 is 5.32 Å². The molecule has 0 fully saturated rings. The monoisotopic (exact) mass is 190 g/mol. The Morgan fingerprint density at radius 3 is 3.00 bits per heavy atom. The minimum absolute atomic E-state index is 0.118. The molecule has 0 atom stereocenters. The number of nitrogens with zero attached hydrogens (tertiary/aromatic N) is 1. The van der Waals surface area contributed by atoms with Gasteiger partial charge in [0.25, 0.3) is 5.91 Å². The van der Waals surface area contributed by atoms with Crippen LogP contribution in [0.1, 0.15) is 16.2 Å². The van der Waals surface area contributed by atoms with Crippen molar-refractivity contribution in [3.05, 3.63) is 29.7 Å². The molecule has 0 saturated heterocycles. The summed E-state index contributed by atoms with van der Waals surface area (Å²) in [6.07, 6.45) is 0. The maximum absolute atomic E-state index is 11.3. The second-order valence-electron chi connectivity index (χ2n) is 2.99. The predicted octanol–water partition coefficient (Wildman–Crippen LogP) is 1.50. The van der Waals surface area contributed by atoms with Gasteiger partial charge >= 0.3 is 0 Å². The molecule has 0 spiro atoms. The van der Waals surface area contributed by atoms with Gasteiger partial charge in [0.2, 0.25) is 0 Å². The number of rotatable bonds is 1. The zero-order valence-electron chi connectivity index (χ0n) is 8.00. The first-order chi connectivity index (χ1) is 6.70. The number of benzene rings is 1. The average Bonchev–Trinajstić information content (AvgIpc) is 2.55. The minimum Gasteiger partial charge on any atom is -0.441 e. The van der Waals surface area contributed by atoms with Crippen LogP contribution in [0, 0.1) is 6.92 Å². The topological polar surface area (TPSA) is 55.1 Å². The van der Waals surface area contributed by atoms with Crippen molar-refractivity contribution in [1.29, 1.82) is 0 Å². The fraction of sp³-hybridized carbons (Fsp3) is 0.200. The Hall–Kier alpha value is -1.84. The predicted molar refractivity (Wildman–Crippen MR) is 52.1 cm³/mol. The Morgan fingerprint density at radius 1 is 1.50 bits per heavy atom. The number of fused-ring (bicyclic) bond motifs is 1. The van der Waals surface area contributed by atoms with E-state index in [0.29, 0.717) is 22.6 Å². The zero-order chi connectivity index (χ0) is 10.1. The molecule has 0 saturated carbocycles. The van der Waals surface area contributed by atoms with Crippen molar-refractivity contribution in [2.24, 2.45) is 0 Å². The van der Waals surface area contributed by atoms with E-state index in [0.717, 1.165) is 0 Å². The van der Waals surface area contributed by atoms with Gasteiger partial charge in [0.1, 0.15) is 5.52 Å². The number of oxazole rings is 1. The summed E-state index contributed by atoms with van der Waals surface area (Å²) in [5.41, 5.74) is 2.01. The van der Waals surface area contributed by atoms with Crippen LogP contribution in [0.15, 0.2) is 22.6 Å². The normalized spacial score (nSPS) is 10.4. The number of nitrogens with one attached hydrogen (secondary N) is 1. The van der Waals surface area contributed by atoms with Gasteiger partial charge in [0, 0.05) is 19.5 Å². The van der Waals surface area contributed by atoms with Crippen LogP contribution in [0.3, 0.4) is 0 Å². The first kappa shape index (κ1) is 8.74. The molecule has 0 bridgehead atoms. The SMILES string of the molecule is CNC(=O)c1ccc2oc(C)nc2c1. The number of carbonyl (C=O) groups excluding carboxylic acids is 1. The lowest BCUT2D eigenvalue weighted by atomic mass is 10.2. The van der Waals surface area contributed by atoms with Crippen molar-refractivity contribution < 1.29 is 9.21 Å². The summed E-state index contributed by atoms with van der Waals surface area (Å²) >= 11 is 0. The molecule has 1 aromatic heterocycles. The van der Waals surface area contributed by atoms with Gasteiger partial charge in [-0.05, 0) is 18.2 Å². The Bertz CT molecular complexity index is 488. The third-order valence-corrected chi connectivity index (χ3v) is 1.98. The molecule has 0 radical (unpaired) electrons. The van der Waals surface area contributed by atoms with Crippen molar-refractivity contribution >= 4 is 17.0 Å².